The van der Waals surface area contributed by atoms with Crippen molar-refractivity contribution in [3.8, 4) is 0 Å². The summed E-state index contributed by atoms with van der Waals surface area (Å²) in [6, 6.07) is 8.52. The first-order valence-corrected chi connectivity index (χ1v) is 11.2. The molecule has 2 fully saturated rings. The first-order valence-electron chi connectivity index (χ1n) is 11.2. The van der Waals surface area contributed by atoms with Gasteiger partial charge >= 0.3 is 11.8 Å². The van der Waals surface area contributed by atoms with Crippen LogP contribution in [0.25, 0.3) is 0 Å². The Labute approximate surface area is 180 Å². The minimum atomic E-state index is -0.539. The first kappa shape index (κ1) is 22.6. The number of benzene rings is 1. The van der Waals surface area contributed by atoms with Crippen molar-refractivity contribution in [1.29, 1.82) is 0 Å². The van der Waals surface area contributed by atoms with E-state index in [2.05, 4.69) is 44.7 Å². The SMILES string of the molecule is CN(C)c1ccc(C(CNC(=O)C(=O)NC2CCCCCC2)N2CCOCC2)cc1. The Kier molecular flexibility index (Phi) is 8.51. The smallest absolute Gasteiger partial charge is 0.309 e. The zero-order chi connectivity index (χ0) is 21.3. The number of hydrogen-bond acceptors (Lipinski definition) is 5. The van der Waals surface area contributed by atoms with E-state index in [1.165, 1.54) is 12.8 Å². The molecular weight excluding hydrogens is 380 g/mol. The minimum absolute atomic E-state index is 0.0137. The molecule has 2 N–H and O–H groups in total. The highest BCUT2D eigenvalue weighted by molar-refractivity contribution is 6.35. The topological polar surface area (TPSA) is 73.9 Å². The summed E-state index contributed by atoms with van der Waals surface area (Å²) in [7, 11) is 4.03. The second kappa shape index (κ2) is 11.3. The molecule has 1 atom stereocenters. The van der Waals surface area contributed by atoms with Crippen LogP contribution in [0.1, 0.15) is 50.1 Å². The van der Waals surface area contributed by atoms with Crippen LogP contribution in [-0.2, 0) is 14.3 Å². The summed E-state index contributed by atoms with van der Waals surface area (Å²) in [5, 5.41) is 5.81. The molecule has 1 saturated heterocycles. The predicted molar refractivity (Wildman–Crippen MR) is 119 cm³/mol. The molecule has 0 bridgehead atoms. The summed E-state index contributed by atoms with van der Waals surface area (Å²) >= 11 is 0. The van der Waals surface area contributed by atoms with E-state index in [9.17, 15) is 9.59 Å². The zero-order valence-electron chi connectivity index (χ0n) is 18.4. The van der Waals surface area contributed by atoms with Crippen LogP contribution in [0.15, 0.2) is 24.3 Å². The molecule has 30 heavy (non-hydrogen) atoms. The van der Waals surface area contributed by atoms with Crippen molar-refractivity contribution in [3.05, 3.63) is 29.8 Å². The Bertz CT molecular complexity index is 678. The molecule has 1 aromatic carbocycles. The van der Waals surface area contributed by atoms with E-state index in [-0.39, 0.29) is 12.1 Å². The van der Waals surface area contributed by atoms with Crippen LogP contribution < -0.4 is 15.5 Å². The van der Waals surface area contributed by atoms with Crippen molar-refractivity contribution < 1.29 is 14.3 Å². The second-order valence-corrected chi connectivity index (χ2v) is 8.52. The maximum Gasteiger partial charge on any atom is 0.309 e. The van der Waals surface area contributed by atoms with Crippen molar-refractivity contribution >= 4 is 17.5 Å². The maximum atomic E-state index is 12.5. The Morgan fingerprint density at radius 1 is 1.03 bits per heavy atom. The van der Waals surface area contributed by atoms with Gasteiger partial charge in [-0.1, -0.05) is 37.8 Å². The van der Waals surface area contributed by atoms with Crippen LogP contribution in [0.4, 0.5) is 5.69 Å². The molecule has 1 aromatic rings. The fraction of sp³-hybridized carbons (Fsp3) is 0.652. The van der Waals surface area contributed by atoms with Gasteiger partial charge in [0, 0.05) is 45.5 Å². The van der Waals surface area contributed by atoms with Gasteiger partial charge in [0.05, 0.1) is 19.3 Å². The number of amides is 2. The summed E-state index contributed by atoms with van der Waals surface area (Å²) in [6.45, 7) is 3.39. The van der Waals surface area contributed by atoms with Crippen molar-refractivity contribution in [1.82, 2.24) is 15.5 Å². The van der Waals surface area contributed by atoms with E-state index in [1.54, 1.807) is 0 Å². The molecule has 1 aliphatic heterocycles. The lowest BCUT2D eigenvalue weighted by Gasteiger charge is -2.35. The molecule has 1 saturated carbocycles. The molecule has 0 spiro atoms. The molecule has 1 unspecified atom stereocenters. The summed E-state index contributed by atoms with van der Waals surface area (Å²) in [4.78, 5) is 29.3. The monoisotopic (exact) mass is 416 g/mol. The molecular formula is C23H36N4O3. The van der Waals surface area contributed by atoms with Gasteiger partial charge in [0.25, 0.3) is 0 Å². The van der Waals surface area contributed by atoms with Crippen molar-refractivity contribution in [2.24, 2.45) is 0 Å². The van der Waals surface area contributed by atoms with E-state index in [4.69, 9.17) is 4.74 Å². The Morgan fingerprint density at radius 3 is 2.27 bits per heavy atom. The molecule has 2 amide bonds. The number of morpholine rings is 1. The van der Waals surface area contributed by atoms with Gasteiger partial charge in [-0.05, 0) is 30.5 Å². The van der Waals surface area contributed by atoms with Gasteiger partial charge in [-0.3, -0.25) is 14.5 Å². The van der Waals surface area contributed by atoms with Gasteiger partial charge in [-0.25, -0.2) is 0 Å². The minimum Gasteiger partial charge on any atom is -0.379 e. The van der Waals surface area contributed by atoms with Gasteiger partial charge in [0.15, 0.2) is 0 Å². The average Bonchev–Trinajstić information content (AvgIpc) is 3.03. The molecule has 0 radical (unpaired) electrons. The average molecular weight is 417 g/mol. The van der Waals surface area contributed by atoms with Gasteiger partial charge in [-0.2, -0.15) is 0 Å². The molecule has 1 aliphatic carbocycles. The Morgan fingerprint density at radius 2 is 1.67 bits per heavy atom. The van der Waals surface area contributed by atoms with E-state index in [1.807, 2.05) is 14.1 Å². The fourth-order valence-electron chi connectivity index (χ4n) is 4.29. The van der Waals surface area contributed by atoms with Crippen molar-refractivity contribution in [3.63, 3.8) is 0 Å². The second-order valence-electron chi connectivity index (χ2n) is 8.52. The Hall–Kier alpha value is -2.12. The highest BCUT2D eigenvalue weighted by Gasteiger charge is 2.25. The zero-order valence-corrected chi connectivity index (χ0v) is 18.4. The fourth-order valence-corrected chi connectivity index (χ4v) is 4.29. The number of carbonyl (C=O) groups excluding carboxylic acids is 2. The Balaban J connectivity index is 1.60. The van der Waals surface area contributed by atoms with Crippen LogP contribution >= 0.6 is 0 Å². The number of ether oxygens (including phenoxy) is 1. The standard InChI is InChI=1S/C23H36N4O3/c1-26(2)20-11-9-18(10-12-20)21(27-13-15-30-16-14-27)17-24-22(28)23(29)25-19-7-5-3-4-6-8-19/h9-12,19,21H,3-8,13-17H2,1-2H3,(H,24,28)(H,25,29). The maximum absolute atomic E-state index is 12.5. The number of hydrogen-bond donors (Lipinski definition) is 2. The first-order chi connectivity index (χ1) is 14.5. The summed E-state index contributed by atoms with van der Waals surface area (Å²) < 4.78 is 5.50. The third kappa shape index (κ3) is 6.44. The number of nitrogens with zero attached hydrogens (tertiary/aromatic N) is 2. The number of anilines is 1. The van der Waals surface area contributed by atoms with Crippen molar-refractivity contribution in [2.75, 3.05) is 51.8 Å². The molecule has 166 valence electrons. The summed E-state index contributed by atoms with van der Waals surface area (Å²) in [5.41, 5.74) is 2.26. The lowest BCUT2D eigenvalue weighted by molar-refractivity contribution is -0.139. The van der Waals surface area contributed by atoms with Crippen molar-refractivity contribution in [2.45, 2.75) is 50.6 Å². The summed E-state index contributed by atoms with van der Waals surface area (Å²) in [6.07, 6.45) is 6.60. The molecule has 2 aliphatic rings. The van der Waals surface area contributed by atoms with Crippen LogP contribution in [0.5, 0.6) is 0 Å². The molecule has 7 heteroatoms. The van der Waals surface area contributed by atoms with Crippen LogP contribution in [0, 0.1) is 0 Å². The number of rotatable bonds is 6. The highest BCUT2D eigenvalue weighted by Crippen LogP contribution is 2.24. The number of carbonyl (C=O) groups is 2. The van der Waals surface area contributed by atoms with Gasteiger partial charge in [0.2, 0.25) is 0 Å². The van der Waals surface area contributed by atoms with Crippen LogP contribution in [-0.4, -0.2) is 69.7 Å². The molecule has 0 aromatic heterocycles. The third-order valence-corrected chi connectivity index (χ3v) is 6.13. The van der Waals surface area contributed by atoms with E-state index in [0.717, 1.165) is 50.0 Å². The summed E-state index contributed by atoms with van der Waals surface area (Å²) in [5.74, 6) is -1.05. The molecule has 3 rings (SSSR count). The van der Waals surface area contributed by atoms with Crippen LogP contribution in [0.2, 0.25) is 0 Å². The predicted octanol–water partition coefficient (Wildman–Crippen LogP) is 2.08. The van der Waals surface area contributed by atoms with Gasteiger partial charge < -0.3 is 20.3 Å². The lowest BCUT2D eigenvalue weighted by Crippen LogP contribution is -2.48. The van der Waals surface area contributed by atoms with E-state index in [0.29, 0.717) is 19.8 Å². The van der Waals surface area contributed by atoms with E-state index < -0.39 is 11.8 Å². The number of nitrogens with one attached hydrogen (secondary N) is 2. The largest absolute Gasteiger partial charge is 0.379 e. The molecule has 1 heterocycles. The normalized spacial score (nSPS) is 19.5. The van der Waals surface area contributed by atoms with E-state index >= 15 is 0 Å². The molecule has 7 nitrogen and oxygen atoms in total. The van der Waals surface area contributed by atoms with Gasteiger partial charge in [0.1, 0.15) is 0 Å². The van der Waals surface area contributed by atoms with Crippen LogP contribution in [0.3, 0.4) is 0 Å². The quantitative estimate of drug-likeness (QED) is 0.549. The van der Waals surface area contributed by atoms with Gasteiger partial charge in [-0.15, -0.1) is 0 Å². The lowest BCUT2D eigenvalue weighted by atomic mass is 10.0. The highest BCUT2D eigenvalue weighted by atomic mass is 16.5. The third-order valence-electron chi connectivity index (χ3n) is 6.13.